The number of halogens is 3. The molecular weight excluding hydrogens is 345 g/mol. The minimum atomic E-state index is -0.474. The molecule has 4 nitrogen and oxygen atoms in total. The molecule has 0 aliphatic carbocycles. The summed E-state index contributed by atoms with van der Waals surface area (Å²) in [5.41, 5.74) is 0.257. The normalized spacial score (nSPS) is 21.5. The fourth-order valence-corrected chi connectivity index (χ4v) is 2.96. The SMILES string of the molecule is ClC1=NC(Cl)c2ncn(PI)c2N1. The van der Waals surface area contributed by atoms with Crippen molar-refractivity contribution >= 4 is 62.7 Å². The van der Waals surface area contributed by atoms with Crippen molar-refractivity contribution in [1.29, 1.82) is 0 Å². The van der Waals surface area contributed by atoms with Gasteiger partial charge in [-0.3, -0.25) is 4.34 Å². The summed E-state index contributed by atoms with van der Waals surface area (Å²) in [6, 6.07) is 0. The second kappa shape index (κ2) is 3.88. The Morgan fingerprint density at radius 2 is 2.46 bits per heavy atom. The Morgan fingerprint density at radius 3 is 3.15 bits per heavy atom. The maximum atomic E-state index is 5.93. The first-order valence-corrected chi connectivity index (χ1v) is 8.18. The van der Waals surface area contributed by atoms with E-state index in [1.165, 1.54) is 0 Å². The van der Waals surface area contributed by atoms with Crippen LogP contribution in [-0.2, 0) is 0 Å². The molecule has 13 heavy (non-hydrogen) atoms. The molecule has 8 heteroatoms. The molecule has 2 atom stereocenters. The molecule has 2 rings (SSSR count). The number of rotatable bonds is 1. The van der Waals surface area contributed by atoms with Crippen LogP contribution in [0.1, 0.15) is 11.2 Å². The van der Waals surface area contributed by atoms with Crippen LogP contribution in [0.25, 0.3) is 0 Å². The van der Waals surface area contributed by atoms with Crippen molar-refractivity contribution in [1.82, 2.24) is 9.32 Å². The Labute approximate surface area is 99.4 Å². The van der Waals surface area contributed by atoms with E-state index in [0.29, 0.717) is 11.7 Å². The van der Waals surface area contributed by atoms with Gasteiger partial charge in [0, 0.05) is 0 Å². The number of nitrogens with zero attached hydrogens (tertiary/aromatic N) is 3. The van der Waals surface area contributed by atoms with Crippen molar-refractivity contribution in [3.05, 3.63) is 12.0 Å². The number of anilines is 1. The highest BCUT2D eigenvalue weighted by atomic mass is 127. The Hall–Kier alpha value is 0.420. The molecule has 1 aliphatic rings. The average molecular weight is 349 g/mol. The lowest BCUT2D eigenvalue weighted by molar-refractivity contribution is 0.958. The van der Waals surface area contributed by atoms with Gasteiger partial charge in [-0.25, -0.2) is 9.98 Å². The molecule has 0 saturated carbocycles. The highest BCUT2D eigenvalue weighted by molar-refractivity contribution is 14.2. The molecule has 0 saturated heterocycles. The summed E-state index contributed by atoms with van der Waals surface area (Å²) in [5, 5.41) is 3.23. The molecule has 1 N–H and O–H groups in total. The molecule has 1 aromatic heterocycles. The Kier molecular flexibility index (Phi) is 2.97. The van der Waals surface area contributed by atoms with Gasteiger partial charge in [-0.1, -0.05) is 11.6 Å². The number of hydrogen-bond donors (Lipinski definition) is 1. The van der Waals surface area contributed by atoms with Gasteiger partial charge in [-0.2, -0.15) is 0 Å². The summed E-state index contributed by atoms with van der Waals surface area (Å²) in [4.78, 5) is 8.08. The number of imidazole rings is 1. The number of hydrogen-bond acceptors (Lipinski definition) is 3. The maximum Gasteiger partial charge on any atom is 0.198 e. The lowest BCUT2D eigenvalue weighted by Gasteiger charge is -2.15. The van der Waals surface area contributed by atoms with Gasteiger partial charge in [0.05, 0.1) is 6.37 Å². The summed E-state index contributed by atoms with van der Waals surface area (Å²) in [6.07, 6.45) is 2.29. The van der Waals surface area contributed by atoms with Crippen LogP contribution in [0.2, 0.25) is 0 Å². The summed E-state index contributed by atoms with van der Waals surface area (Å²) in [6.45, 7) is 0. The Morgan fingerprint density at radius 1 is 1.69 bits per heavy atom. The predicted octanol–water partition coefficient (Wildman–Crippen LogP) is 2.93. The highest BCUT2D eigenvalue weighted by Crippen LogP contribution is 2.37. The molecule has 1 aliphatic heterocycles. The van der Waals surface area contributed by atoms with Gasteiger partial charge < -0.3 is 5.32 Å². The van der Waals surface area contributed by atoms with E-state index in [0.717, 1.165) is 11.5 Å². The molecule has 0 bridgehead atoms. The lowest BCUT2D eigenvalue weighted by atomic mass is 10.4. The third-order valence-corrected chi connectivity index (χ3v) is 4.14. The van der Waals surface area contributed by atoms with Crippen molar-refractivity contribution in [2.24, 2.45) is 4.99 Å². The van der Waals surface area contributed by atoms with Crippen LogP contribution in [0.5, 0.6) is 0 Å². The van der Waals surface area contributed by atoms with Gasteiger partial charge in [-0.05, 0) is 33.6 Å². The second-order valence-corrected chi connectivity index (χ2v) is 5.18. The van der Waals surface area contributed by atoms with E-state index in [1.54, 1.807) is 6.33 Å². The van der Waals surface area contributed by atoms with Crippen molar-refractivity contribution in [2.75, 3.05) is 5.32 Å². The monoisotopic (exact) mass is 348 g/mol. The van der Waals surface area contributed by atoms with Crippen molar-refractivity contribution in [2.45, 2.75) is 5.50 Å². The molecule has 70 valence electrons. The van der Waals surface area contributed by atoms with Crippen LogP contribution < -0.4 is 5.32 Å². The van der Waals surface area contributed by atoms with E-state index in [2.05, 4.69) is 37.3 Å². The first-order chi connectivity index (χ1) is 6.22. The average Bonchev–Trinajstić information content (AvgIpc) is 2.47. The summed E-state index contributed by atoms with van der Waals surface area (Å²) in [5.74, 6) is 0.840. The largest absolute Gasteiger partial charge is 0.315 e. The lowest BCUT2D eigenvalue weighted by Crippen LogP contribution is -2.14. The van der Waals surface area contributed by atoms with Gasteiger partial charge in [0.1, 0.15) is 17.8 Å². The Bertz CT molecular complexity index is 365. The van der Waals surface area contributed by atoms with Gasteiger partial charge in [0.2, 0.25) is 0 Å². The molecule has 1 aromatic rings. The zero-order valence-electron chi connectivity index (χ0n) is 6.13. The standard InChI is InChI=1S/C5H4Cl2IN4P/c6-3-2-4(11-5(7)10-3)12(13-8)1-9-2/h1,3,13H,(H,10,11). The van der Waals surface area contributed by atoms with Crippen molar-refractivity contribution < 1.29 is 0 Å². The summed E-state index contributed by atoms with van der Waals surface area (Å²) >= 11 is 13.9. The van der Waals surface area contributed by atoms with Crippen LogP contribution in [0.3, 0.4) is 0 Å². The van der Waals surface area contributed by atoms with E-state index < -0.39 is 5.50 Å². The minimum absolute atomic E-state index is 0.309. The van der Waals surface area contributed by atoms with Crippen LogP contribution in [0, 0.1) is 0 Å². The fourth-order valence-electron chi connectivity index (χ4n) is 1.02. The third kappa shape index (κ3) is 1.79. The quantitative estimate of drug-likeness (QED) is 0.367. The predicted molar refractivity (Wildman–Crippen MR) is 65.5 cm³/mol. The number of aliphatic imine (C=N–C) groups is 1. The number of aromatic nitrogens is 2. The molecule has 2 unspecified atom stereocenters. The fraction of sp³-hybridized carbons (Fsp3) is 0.200. The molecule has 0 radical (unpaired) electrons. The van der Waals surface area contributed by atoms with Gasteiger partial charge in [-0.15, -0.1) is 0 Å². The van der Waals surface area contributed by atoms with E-state index in [4.69, 9.17) is 23.2 Å². The molecule has 2 heterocycles. The summed E-state index contributed by atoms with van der Waals surface area (Å²) < 4.78 is 1.95. The van der Waals surface area contributed by atoms with Gasteiger partial charge in [0.15, 0.2) is 10.8 Å². The van der Waals surface area contributed by atoms with Crippen molar-refractivity contribution in [3.63, 3.8) is 0 Å². The minimum Gasteiger partial charge on any atom is -0.315 e. The second-order valence-electron chi connectivity index (χ2n) is 2.31. The Balaban J connectivity index is 2.46. The topological polar surface area (TPSA) is 42.2 Å². The van der Waals surface area contributed by atoms with E-state index in [9.17, 15) is 0 Å². The molecule has 0 amide bonds. The summed E-state index contributed by atoms with van der Waals surface area (Å²) in [7, 11) is 0. The third-order valence-electron chi connectivity index (χ3n) is 1.56. The zero-order valence-corrected chi connectivity index (χ0v) is 10.8. The number of amidine groups is 1. The first kappa shape index (κ1) is 9.96. The number of nitrogens with one attached hydrogen (secondary N) is 1. The smallest absolute Gasteiger partial charge is 0.198 e. The maximum absolute atomic E-state index is 5.93. The molecular formula is C5H4Cl2IN4P. The zero-order chi connectivity index (χ0) is 9.42. The van der Waals surface area contributed by atoms with Crippen molar-refractivity contribution in [3.8, 4) is 0 Å². The molecule has 0 fully saturated rings. The van der Waals surface area contributed by atoms with Crippen LogP contribution in [-0.4, -0.2) is 14.6 Å². The first-order valence-electron chi connectivity index (χ1n) is 3.30. The van der Waals surface area contributed by atoms with Crippen LogP contribution in [0.15, 0.2) is 11.3 Å². The number of alkyl halides is 1. The molecule has 0 spiro atoms. The van der Waals surface area contributed by atoms with Crippen LogP contribution >= 0.6 is 51.6 Å². The van der Waals surface area contributed by atoms with Gasteiger partial charge in [0.25, 0.3) is 0 Å². The van der Waals surface area contributed by atoms with E-state index in [1.807, 2.05) is 4.34 Å². The van der Waals surface area contributed by atoms with E-state index in [-0.39, 0.29) is 0 Å². The van der Waals surface area contributed by atoms with E-state index >= 15 is 0 Å². The van der Waals surface area contributed by atoms with Gasteiger partial charge >= 0.3 is 0 Å². The number of fused-ring (bicyclic) bond motifs is 1. The highest BCUT2D eigenvalue weighted by Gasteiger charge is 2.23. The van der Waals surface area contributed by atoms with Crippen LogP contribution in [0.4, 0.5) is 5.82 Å². The molecule has 0 aromatic carbocycles.